The van der Waals surface area contributed by atoms with Crippen LogP contribution in [-0.4, -0.2) is 81.6 Å². The van der Waals surface area contributed by atoms with E-state index in [0.717, 1.165) is 32.8 Å². The van der Waals surface area contributed by atoms with Crippen LogP contribution in [-0.2, 0) is 4.74 Å². The van der Waals surface area contributed by atoms with Gasteiger partial charge in [0.2, 0.25) is 5.88 Å². The first-order valence-electron chi connectivity index (χ1n) is 11.2. The number of amides is 2. The summed E-state index contributed by atoms with van der Waals surface area (Å²) >= 11 is 0. The smallest absolute Gasteiger partial charge is 0.319 e. The van der Waals surface area contributed by atoms with Gasteiger partial charge in [0.25, 0.3) is 0 Å². The summed E-state index contributed by atoms with van der Waals surface area (Å²) in [5.41, 5.74) is 1.16. The molecule has 186 valence electrons. The third kappa shape index (κ3) is 6.00. The molecule has 3 aromatic rings. The lowest BCUT2D eigenvalue weighted by Gasteiger charge is -2.26. The van der Waals surface area contributed by atoms with E-state index in [-0.39, 0.29) is 6.03 Å². The van der Waals surface area contributed by atoms with Crippen LogP contribution in [0.2, 0.25) is 0 Å². The van der Waals surface area contributed by atoms with E-state index in [2.05, 4.69) is 25.5 Å². The summed E-state index contributed by atoms with van der Waals surface area (Å²) in [7, 11) is 4.65. The van der Waals surface area contributed by atoms with E-state index in [1.54, 1.807) is 44.6 Å². The predicted octanol–water partition coefficient (Wildman–Crippen LogP) is 2.90. The lowest BCUT2D eigenvalue weighted by atomic mass is 10.2. The summed E-state index contributed by atoms with van der Waals surface area (Å²) in [5, 5.41) is 6.34. The molecule has 0 unspecified atom stereocenters. The first kappa shape index (κ1) is 24.3. The third-order valence-electron chi connectivity index (χ3n) is 5.56. The highest BCUT2D eigenvalue weighted by molar-refractivity contribution is 5.91. The third-order valence-corrected chi connectivity index (χ3v) is 5.56. The number of fused-ring (bicyclic) bond motifs is 1. The Balaban J connectivity index is 1.43. The molecule has 0 radical (unpaired) electrons. The van der Waals surface area contributed by atoms with Gasteiger partial charge in [-0.15, -0.1) is 0 Å². The molecule has 0 aliphatic carbocycles. The van der Waals surface area contributed by atoms with Crippen molar-refractivity contribution in [3.05, 3.63) is 36.7 Å². The summed E-state index contributed by atoms with van der Waals surface area (Å²) in [6.45, 7) is 4.50. The number of methoxy groups -OCH3 is 3. The zero-order chi connectivity index (χ0) is 24.6. The molecule has 11 nitrogen and oxygen atoms in total. The average molecular weight is 484 g/mol. The Morgan fingerprint density at radius 2 is 1.74 bits per heavy atom. The standard InChI is InChI=1S/C24H29N5O6/c1-31-20-12-16(4-5-18(20)28-24(30)25-6-7-29-8-10-34-11-9-29)35-23-17-13-21(32-2)22(33-3)14-19(17)26-15-27-23/h4-5,12-15H,6-11H2,1-3H3,(H2,25,28,30). The maximum absolute atomic E-state index is 12.4. The van der Waals surface area contributed by atoms with Gasteiger partial charge >= 0.3 is 6.03 Å². The monoisotopic (exact) mass is 483 g/mol. The number of urea groups is 1. The molecule has 1 aliphatic heterocycles. The molecule has 1 saturated heterocycles. The minimum absolute atomic E-state index is 0.312. The number of carbonyl (C=O) groups excluding carboxylic acids is 1. The van der Waals surface area contributed by atoms with E-state index >= 15 is 0 Å². The van der Waals surface area contributed by atoms with Crippen molar-refractivity contribution in [3.63, 3.8) is 0 Å². The molecule has 0 spiro atoms. The molecular formula is C24H29N5O6. The summed E-state index contributed by atoms with van der Waals surface area (Å²) < 4.78 is 27.6. The zero-order valence-corrected chi connectivity index (χ0v) is 20.0. The molecule has 0 bridgehead atoms. The number of anilines is 1. The van der Waals surface area contributed by atoms with Gasteiger partial charge in [0.1, 0.15) is 17.8 Å². The van der Waals surface area contributed by atoms with Gasteiger partial charge in [-0.25, -0.2) is 14.8 Å². The number of carbonyl (C=O) groups is 1. The highest BCUT2D eigenvalue weighted by Crippen LogP contribution is 2.37. The summed E-state index contributed by atoms with van der Waals surface area (Å²) in [6.07, 6.45) is 1.41. The normalized spacial score (nSPS) is 13.8. The van der Waals surface area contributed by atoms with Crippen LogP contribution in [0.5, 0.6) is 28.9 Å². The van der Waals surface area contributed by atoms with E-state index in [0.29, 0.717) is 52.0 Å². The maximum Gasteiger partial charge on any atom is 0.319 e. The average Bonchev–Trinajstić information content (AvgIpc) is 2.89. The summed E-state index contributed by atoms with van der Waals surface area (Å²) in [5.74, 6) is 2.37. The molecule has 2 heterocycles. The Kier molecular flexibility index (Phi) is 8.01. The van der Waals surface area contributed by atoms with Crippen LogP contribution >= 0.6 is 0 Å². The van der Waals surface area contributed by atoms with E-state index < -0.39 is 0 Å². The van der Waals surface area contributed by atoms with Gasteiger partial charge < -0.3 is 34.3 Å². The number of benzene rings is 2. The molecule has 4 rings (SSSR count). The van der Waals surface area contributed by atoms with Crippen molar-refractivity contribution >= 4 is 22.6 Å². The van der Waals surface area contributed by atoms with Crippen LogP contribution < -0.4 is 29.6 Å². The fourth-order valence-electron chi connectivity index (χ4n) is 3.71. The number of morpholine rings is 1. The molecule has 2 N–H and O–H groups in total. The quantitative estimate of drug-likeness (QED) is 0.474. The highest BCUT2D eigenvalue weighted by atomic mass is 16.5. The van der Waals surface area contributed by atoms with Gasteiger partial charge in [-0.3, -0.25) is 4.90 Å². The van der Waals surface area contributed by atoms with Crippen molar-refractivity contribution in [3.8, 4) is 28.9 Å². The van der Waals surface area contributed by atoms with Crippen molar-refractivity contribution in [1.82, 2.24) is 20.2 Å². The molecule has 2 aromatic carbocycles. The van der Waals surface area contributed by atoms with Gasteiger partial charge in [-0.2, -0.15) is 0 Å². The predicted molar refractivity (Wildman–Crippen MR) is 130 cm³/mol. The number of nitrogens with one attached hydrogen (secondary N) is 2. The SMILES string of the molecule is COc1cc(Oc2ncnc3cc(OC)c(OC)cc23)ccc1NC(=O)NCCN1CCOCC1. The topological polar surface area (TPSA) is 116 Å². The van der Waals surface area contributed by atoms with Crippen LogP contribution in [0.3, 0.4) is 0 Å². The van der Waals surface area contributed by atoms with Crippen LogP contribution in [0.1, 0.15) is 0 Å². The molecule has 0 atom stereocenters. The second-order valence-corrected chi connectivity index (χ2v) is 7.70. The van der Waals surface area contributed by atoms with Crippen molar-refractivity contribution in [2.24, 2.45) is 0 Å². The lowest BCUT2D eigenvalue weighted by Crippen LogP contribution is -2.42. The molecule has 11 heteroatoms. The molecular weight excluding hydrogens is 454 g/mol. The Bertz CT molecular complexity index is 1170. The van der Waals surface area contributed by atoms with Crippen LogP contribution in [0, 0.1) is 0 Å². The number of hydrogen-bond donors (Lipinski definition) is 2. The number of nitrogens with zero attached hydrogens (tertiary/aromatic N) is 3. The Morgan fingerprint density at radius 3 is 2.49 bits per heavy atom. The maximum atomic E-state index is 12.4. The molecule has 1 fully saturated rings. The van der Waals surface area contributed by atoms with Crippen LogP contribution in [0.4, 0.5) is 10.5 Å². The van der Waals surface area contributed by atoms with Crippen LogP contribution in [0.25, 0.3) is 10.9 Å². The first-order valence-corrected chi connectivity index (χ1v) is 11.2. The first-order chi connectivity index (χ1) is 17.1. The second-order valence-electron chi connectivity index (χ2n) is 7.70. The Labute approximate surface area is 203 Å². The summed E-state index contributed by atoms with van der Waals surface area (Å²) in [6, 6.07) is 8.32. The van der Waals surface area contributed by atoms with Gasteiger partial charge in [-0.05, 0) is 18.2 Å². The minimum atomic E-state index is -0.312. The number of hydrogen-bond acceptors (Lipinski definition) is 9. The lowest BCUT2D eigenvalue weighted by molar-refractivity contribution is 0.0388. The fourth-order valence-corrected chi connectivity index (χ4v) is 3.71. The highest BCUT2D eigenvalue weighted by Gasteiger charge is 2.15. The van der Waals surface area contributed by atoms with Crippen molar-refractivity contribution in [1.29, 1.82) is 0 Å². The van der Waals surface area contributed by atoms with Gasteiger partial charge in [0.15, 0.2) is 11.5 Å². The van der Waals surface area contributed by atoms with Crippen LogP contribution in [0.15, 0.2) is 36.7 Å². The van der Waals surface area contributed by atoms with Gasteiger partial charge in [0.05, 0.1) is 51.1 Å². The molecule has 1 aromatic heterocycles. The van der Waals surface area contributed by atoms with Gasteiger partial charge in [0, 0.05) is 38.3 Å². The number of rotatable bonds is 9. The molecule has 0 saturated carbocycles. The largest absolute Gasteiger partial charge is 0.494 e. The molecule has 1 aliphatic rings. The van der Waals surface area contributed by atoms with Gasteiger partial charge in [-0.1, -0.05) is 0 Å². The number of aromatic nitrogens is 2. The summed E-state index contributed by atoms with van der Waals surface area (Å²) in [4.78, 5) is 23.2. The van der Waals surface area contributed by atoms with Crippen molar-refractivity contribution < 1.29 is 28.5 Å². The van der Waals surface area contributed by atoms with Crippen molar-refractivity contribution in [2.45, 2.75) is 0 Å². The Morgan fingerprint density at radius 1 is 1.00 bits per heavy atom. The van der Waals surface area contributed by atoms with E-state index in [4.69, 9.17) is 23.7 Å². The fraction of sp³-hybridized carbons (Fsp3) is 0.375. The van der Waals surface area contributed by atoms with E-state index in [1.165, 1.54) is 13.4 Å². The molecule has 2 amide bonds. The number of ether oxygens (including phenoxy) is 5. The minimum Gasteiger partial charge on any atom is -0.494 e. The molecule has 35 heavy (non-hydrogen) atoms. The van der Waals surface area contributed by atoms with E-state index in [1.807, 2.05) is 0 Å². The van der Waals surface area contributed by atoms with E-state index in [9.17, 15) is 4.79 Å². The Hall–Kier alpha value is -3.83. The zero-order valence-electron chi connectivity index (χ0n) is 20.0. The second kappa shape index (κ2) is 11.5. The van der Waals surface area contributed by atoms with Crippen molar-refractivity contribution in [2.75, 3.05) is 66.0 Å².